The summed E-state index contributed by atoms with van der Waals surface area (Å²) >= 11 is 0. The van der Waals surface area contributed by atoms with Gasteiger partial charge in [-0.3, -0.25) is 5.32 Å². The Labute approximate surface area is 176 Å². The van der Waals surface area contributed by atoms with Crippen molar-refractivity contribution in [2.75, 3.05) is 5.32 Å². The van der Waals surface area contributed by atoms with Crippen molar-refractivity contribution in [3.8, 4) is 11.3 Å². The molecule has 0 saturated heterocycles. The highest BCUT2D eigenvalue weighted by Crippen LogP contribution is 2.31. The van der Waals surface area contributed by atoms with Gasteiger partial charge in [0.2, 0.25) is 11.9 Å². The largest absolute Gasteiger partial charge is 0.293 e. The van der Waals surface area contributed by atoms with Gasteiger partial charge in [-0.05, 0) is 58.6 Å². The molecule has 5 nitrogen and oxygen atoms in total. The highest BCUT2D eigenvalue weighted by molar-refractivity contribution is 5.82. The fourth-order valence-corrected chi connectivity index (χ4v) is 4.15. The summed E-state index contributed by atoms with van der Waals surface area (Å²) in [4.78, 5) is 19.1. The third kappa shape index (κ3) is 3.52. The van der Waals surface area contributed by atoms with Crippen molar-refractivity contribution in [3.05, 3.63) is 70.5 Å². The van der Waals surface area contributed by atoms with Crippen LogP contribution in [-0.2, 0) is 12.8 Å². The minimum atomic E-state index is 0.537. The van der Waals surface area contributed by atoms with E-state index in [4.69, 9.17) is 15.0 Å². The first-order chi connectivity index (χ1) is 14.6. The van der Waals surface area contributed by atoms with Gasteiger partial charge in [0.05, 0.1) is 16.9 Å². The lowest BCUT2D eigenvalue weighted by Crippen LogP contribution is -2.12. The molecule has 0 radical (unpaired) electrons. The summed E-state index contributed by atoms with van der Waals surface area (Å²) in [6.07, 6.45) is 4.38. The Morgan fingerprint density at radius 1 is 0.733 bits per heavy atom. The first kappa shape index (κ1) is 18.7. The highest BCUT2D eigenvalue weighted by atomic mass is 15.2. The van der Waals surface area contributed by atoms with Crippen molar-refractivity contribution in [1.82, 2.24) is 19.9 Å². The van der Waals surface area contributed by atoms with Crippen molar-refractivity contribution < 1.29 is 0 Å². The minimum absolute atomic E-state index is 0.537. The molecule has 150 valence electrons. The van der Waals surface area contributed by atoms with Crippen molar-refractivity contribution in [2.24, 2.45) is 0 Å². The van der Waals surface area contributed by atoms with E-state index in [2.05, 4.69) is 60.5 Å². The van der Waals surface area contributed by atoms with Crippen LogP contribution in [0, 0.1) is 20.8 Å². The zero-order valence-corrected chi connectivity index (χ0v) is 17.7. The molecule has 1 N–H and O–H groups in total. The molecule has 0 saturated carbocycles. The first-order valence-corrected chi connectivity index (χ1v) is 10.6. The zero-order valence-electron chi connectivity index (χ0n) is 17.7. The second-order valence-electron chi connectivity index (χ2n) is 8.17. The van der Waals surface area contributed by atoms with E-state index in [0.29, 0.717) is 11.9 Å². The third-order valence-corrected chi connectivity index (χ3v) is 5.77. The maximum Gasteiger partial charge on any atom is 0.230 e. The molecule has 2 heterocycles. The molecule has 2 aromatic carbocycles. The molecule has 0 aliphatic heterocycles. The van der Waals surface area contributed by atoms with Crippen LogP contribution in [0.1, 0.15) is 40.9 Å². The molecule has 5 rings (SSSR count). The molecule has 1 aliphatic carbocycles. The average molecular weight is 396 g/mol. The van der Waals surface area contributed by atoms with Gasteiger partial charge in [-0.25, -0.2) is 19.9 Å². The Morgan fingerprint density at radius 2 is 1.47 bits per heavy atom. The van der Waals surface area contributed by atoms with E-state index in [-0.39, 0.29) is 0 Å². The number of anilines is 2. The third-order valence-electron chi connectivity index (χ3n) is 5.77. The molecule has 2 aromatic heterocycles. The normalized spacial score (nSPS) is 13.3. The van der Waals surface area contributed by atoms with E-state index in [0.717, 1.165) is 46.4 Å². The van der Waals surface area contributed by atoms with Crippen molar-refractivity contribution in [1.29, 1.82) is 0 Å². The van der Waals surface area contributed by atoms with Crippen LogP contribution >= 0.6 is 0 Å². The maximum atomic E-state index is 4.90. The van der Waals surface area contributed by atoms with Gasteiger partial charge in [0.25, 0.3) is 0 Å². The van der Waals surface area contributed by atoms with E-state index >= 15 is 0 Å². The monoisotopic (exact) mass is 395 g/mol. The number of hydrogen-bond donors (Lipinski definition) is 1. The van der Waals surface area contributed by atoms with E-state index in [1.807, 2.05) is 13.0 Å². The summed E-state index contributed by atoms with van der Waals surface area (Å²) < 4.78 is 0. The number of nitrogens with one attached hydrogen (secondary N) is 1. The van der Waals surface area contributed by atoms with Gasteiger partial charge in [-0.1, -0.05) is 41.5 Å². The van der Waals surface area contributed by atoms with E-state index in [1.54, 1.807) is 0 Å². The number of fused-ring (bicyclic) bond motifs is 2. The van der Waals surface area contributed by atoms with Crippen LogP contribution in [0.25, 0.3) is 22.2 Å². The SMILES string of the molecule is Cc1ccc(-c2nc(Nc3nc(C)c4cc(C)ccc4n3)nc3c2CCCC3)cc1. The van der Waals surface area contributed by atoms with Crippen LogP contribution in [0.15, 0.2) is 42.5 Å². The van der Waals surface area contributed by atoms with Gasteiger partial charge in [0.15, 0.2) is 0 Å². The summed E-state index contributed by atoms with van der Waals surface area (Å²) in [7, 11) is 0. The van der Waals surface area contributed by atoms with Crippen molar-refractivity contribution in [3.63, 3.8) is 0 Å². The number of hydrogen-bond acceptors (Lipinski definition) is 5. The van der Waals surface area contributed by atoms with Gasteiger partial charge >= 0.3 is 0 Å². The second kappa shape index (κ2) is 7.48. The molecule has 0 fully saturated rings. The Balaban J connectivity index is 1.58. The number of rotatable bonds is 3. The zero-order chi connectivity index (χ0) is 20.7. The molecule has 0 bridgehead atoms. The molecule has 0 amide bonds. The lowest BCUT2D eigenvalue weighted by atomic mass is 9.92. The van der Waals surface area contributed by atoms with Gasteiger partial charge in [-0.15, -0.1) is 0 Å². The lowest BCUT2D eigenvalue weighted by Gasteiger charge is -2.19. The fourth-order valence-electron chi connectivity index (χ4n) is 4.15. The average Bonchev–Trinajstić information content (AvgIpc) is 2.74. The summed E-state index contributed by atoms with van der Waals surface area (Å²) in [6.45, 7) is 6.20. The summed E-state index contributed by atoms with van der Waals surface area (Å²) in [5.41, 5.74) is 8.90. The molecular formula is C25H25N5. The van der Waals surface area contributed by atoms with Crippen LogP contribution in [-0.4, -0.2) is 19.9 Å². The molecule has 4 aromatic rings. The molecule has 0 spiro atoms. The molecule has 1 aliphatic rings. The summed E-state index contributed by atoms with van der Waals surface area (Å²) in [5, 5.41) is 4.35. The Kier molecular flexibility index (Phi) is 4.66. The van der Waals surface area contributed by atoms with Gasteiger partial charge in [0.1, 0.15) is 0 Å². The molecule has 0 atom stereocenters. The van der Waals surface area contributed by atoms with Gasteiger partial charge in [0, 0.05) is 22.2 Å². The minimum Gasteiger partial charge on any atom is -0.293 e. The molecule has 5 heteroatoms. The maximum absolute atomic E-state index is 4.90. The summed E-state index contributed by atoms with van der Waals surface area (Å²) in [5.74, 6) is 1.10. The highest BCUT2D eigenvalue weighted by Gasteiger charge is 2.19. The van der Waals surface area contributed by atoms with Crippen LogP contribution in [0.5, 0.6) is 0 Å². The molecule has 0 unspecified atom stereocenters. The van der Waals surface area contributed by atoms with E-state index < -0.39 is 0 Å². The Hall–Kier alpha value is -3.34. The predicted molar refractivity (Wildman–Crippen MR) is 121 cm³/mol. The first-order valence-electron chi connectivity index (χ1n) is 10.6. The van der Waals surface area contributed by atoms with Gasteiger partial charge < -0.3 is 0 Å². The van der Waals surface area contributed by atoms with Crippen molar-refractivity contribution >= 4 is 22.8 Å². The predicted octanol–water partition coefficient (Wildman–Crippen LogP) is 5.63. The Bertz CT molecular complexity index is 1240. The van der Waals surface area contributed by atoms with E-state index in [1.165, 1.54) is 29.5 Å². The van der Waals surface area contributed by atoms with Crippen LogP contribution in [0.3, 0.4) is 0 Å². The van der Waals surface area contributed by atoms with Gasteiger partial charge in [-0.2, -0.15) is 0 Å². The number of aryl methyl sites for hydroxylation is 4. The van der Waals surface area contributed by atoms with Crippen LogP contribution < -0.4 is 5.32 Å². The lowest BCUT2D eigenvalue weighted by molar-refractivity contribution is 0.665. The number of nitrogens with zero attached hydrogens (tertiary/aromatic N) is 4. The smallest absolute Gasteiger partial charge is 0.230 e. The Morgan fingerprint density at radius 3 is 2.30 bits per heavy atom. The topological polar surface area (TPSA) is 63.6 Å². The standard InChI is InChI=1S/C25H25N5/c1-15-8-11-18(12-9-15)23-19-6-4-5-7-21(19)27-25(29-23)30-24-26-17(3)20-14-16(2)10-13-22(20)28-24/h8-14H,4-7H2,1-3H3,(H,26,27,28,29,30). The molecular weight excluding hydrogens is 370 g/mol. The van der Waals surface area contributed by atoms with Crippen molar-refractivity contribution in [2.45, 2.75) is 46.5 Å². The summed E-state index contributed by atoms with van der Waals surface area (Å²) in [6, 6.07) is 14.8. The quantitative estimate of drug-likeness (QED) is 0.487. The van der Waals surface area contributed by atoms with Crippen LogP contribution in [0.4, 0.5) is 11.9 Å². The molecule has 30 heavy (non-hydrogen) atoms. The van der Waals surface area contributed by atoms with Crippen LogP contribution in [0.2, 0.25) is 0 Å². The number of aromatic nitrogens is 4. The fraction of sp³-hybridized carbons (Fsp3) is 0.280. The van der Waals surface area contributed by atoms with E-state index in [9.17, 15) is 0 Å². The second-order valence-corrected chi connectivity index (χ2v) is 8.17. The number of benzene rings is 2.